The lowest BCUT2D eigenvalue weighted by molar-refractivity contribution is -0.142. The molecule has 0 aliphatic carbocycles. The zero-order valence-electron chi connectivity index (χ0n) is 17.8. The molecule has 0 radical (unpaired) electrons. The molecule has 0 fully saturated rings. The van der Waals surface area contributed by atoms with Crippen LogP contribution in [0.25, 0.3) is 0 Å². The molecule has 0 aliphatic heterocycles. The van der Waals surface area contributed by atoms with E-state index in [1.165, 1.54) is 0 Å². The molecule has 1 atom stereocenters. The average Bonchev–Trinajstić information content (AvgIpc) is 2.69. The molecule has 0 aromatic heterocycles. The fourth-order valence-corrected chi connectivity index (χ4v) is 2.74. The van der Waals surface area contributed by atoms with Crippen molar-refractivity contribution in [2.75, 3.05) is 13.7 Å². The van der Waals surface area contributed by atoms with E-state index in [9.17, 15) is 9.59 Å². The molecule has 2 aromatic carbocycles. The van der Waals surface area contributed by atoms with Gasteiger partial charge in [0.2, 0.25) is 5.91 Å². The molecule has 2 amide bonds. The summed E-state index contributed by atoms with van der Waals surface area (Å²) in [5, 5.41) is 2.94. The van der Waals surface area contributed by atoms with Crippen molar-refractivity contribution in [3.8, 4) is 11.5 Å². The minimum absolute atomic E-state index is 0.160. The summed E-state index contributed by atoms with van der Waals surface area (Å²) in [6.45, 7) is 7.63. The fourth-order valence-electron chi connectivity index (χ4n) is 2.74. The Balaban J connectivity index is 2.11. The van der Waals surface area contributed by atoms with E-state index in [2.05, 4.69) is 5.32 Å². The third-order valence-electron chi connectivity index (χ3n) is 4.28. The van der Waals surface area contributed by atoms with E-state index in [-0.39, 0.29) is 24.0 Å². The van der Waals surface area contributed by atoms with Gasteiger partial charge in [-0.1, -0.05) is 30.3 Å². The van der Waals surface area contributed by atoms with Gasteiger partial charge in [-0.15, -0.1) is 0 Å². The highest BCUT2D eigenvalue weighted by atomic mass is 16.5. The number of carbonyl (C=O) groups is 2. The Bertz CT molecular complexity index is 798. The van der Waals surface area contributed by atoms with Crippen LogP contribution in [0.2, 0.25) is 0 Å². The summed E-state index contributed by atoms with van der Waals surface area (Å²) >= 11 is 0. The molecule has 1 unspecified atom stereocenters. The van der Waals surface area contributed by atoms with Crippen LogP contribution < -0.4 is 14.8 Å². The van der Waals surface area contributed by atoms with Gasteiger partial charge in [-0.25, -0.2) is 0 Å². The van der Waals surface area contributed by atoms with Crippen molar-refractivity contribution in [2.24, 2.45) is 0 Å². The van der Waals surface area contributed by atoms with Gasteiger partial charge in [-0.05, 0) is 57.5 Å². The highest BCUT2D eigenvalue weighted by Gasteiger charge is 2.28. The van der Waals surface area contributed by atoms with Gasteiger partial charge in [0.05, 0.1) is 7.11 Å². The van der Waals surface area contributed by atoms with Crippen LogP contribution in [0.3, 0.4) is 0 Å². The minimum atomic E-state index is -0.638. The Morgan fingerprint density at radius 1 is 1.00 bits per heavy atom. The third kappa shape index (κ3) is 7.14. The van der Waals surface area contributed by atoms with Crippen molar-refractivity contribution >= 4 is 11.8 Å². The number of amides is 2. The SMILES string of the molecule is COc1ccc(OCC(=O)N(Cc2ccccc2)C(C)C(=O)NC(C)(C)C)cc1. The normalized spacial score (nSPS) is 12.0. The van der Waals surface area contributed by atoms with Gasteiger partial charge in [0, 0.05) is 12.1 Å². The van der Waals surface area contributed by atoms with Gasteiger partial charge >= 0.3 is 0 Å². The Hall–Kier alpha value is -3.02. The van der Waals surface area contributed by atoms with Crippen LogP contribution in [0.5, 0.6) is 11.5 Å². The predicted octanol–water partition coefficient (Wildman–Crippen LogP) is 3.41. The number of nitrogens with one attached hydrogen (secondary N) is 1. The van der Waals surface area contributed by atoms with Crippen molar-refractivity contribution in [1.82, 2.24) is 10.2 Å². The summed E-state index contributed by atoms with van der Waals surface area (Å²) < 4.78 is 10.8. The molecule has 0 heterocycles. The maximum absolute atomic E-state index is 13.0. The maximum atomic E-state index is 13.0. The first kappa shape index (κ1) is 22.3. The largest absolute Gasteiger partial charge is 0.497 e. The summed E-state index contributed by atoms with van der Waals surface area (Å²) in [6.07, 6.45) is 0. The van der Waals surface area contributed by atoms with Crippen LogP contribution in [0.4, 0.5) is 0 Å². The minimum Gasteiger partial charge on any atom is -0.497 e. The molecule has 156 valence electrons. The number of methoxy groups -OCH3 is 1. The van der Waals surface area contributed by atoms with Crippen LogP contribution >= 0.6 is 0 Å². The maximum Gasteiger partial charge on any atom is 0.261 e. The summed E-state index contributed by atoms with van der Waals surface area (Å²) in [5.41, 5.74) is 0.563. The van der Waals surface area contributed by atoms with E-state index in [1.807, 2.05) is 51.1 Å². The first-order valence-corrected chi connectivity index (χ1v) is 9.62. The van der Waals surface area contributed by atoms with Gasteiger partial charge in [-0.2, -0.15) is 0 Å². The van der Waals surface area contributed by atoms with Crippen LogP contribution in [-0.4, -0.2) is 42.0 Å². The smallest absolute Gasteiger partial charge is 0.261 e. The lowest BCUT2D eigenvalue weighted by atomic mass is 10.1. The first-order chi connectivity index (χ1) is 13.7. The fraction of sp³-hybridized carbons (Fsp3) is 0.391. The Labute approximate surface area is 172 Å². The van der Waals surface area contributed by atoms with Crippen molar-refractivity contribution in [1.29, 1.82) is 0 Å². The van der Waals surface area contributed by atoms with Crippen molar-refractivity contribution in [3.05, 3.63) is 60.2 Å². The average molecular weight is 399 g/mol. The number of ether oxygens (including phenoxy) is 2. The Morgan fingerprint density at radius 2 is 1.59 bits per heavy atom. The second kappa shape index (κ2) is 9.96. The van der Waals surface area contributed by atoms with E-state index in [0.29, 0.717) is 18.0 Å². The van der Waals surface area contributed by atoms with Crippen LogP contribution in [0.1, 0.15) is 33.3 Å². The molecule has 0 spiro atoms. The molecule has 0 aliphatic rings. The van der Waals surface area contributed by atoms with Crippen molar-refractivity contribution < 1.29 is 19.1 Å². The summed E-state index contributed by atoms with van der Waals surface area (Å²) in [6, 6.07) is 16.0. The number of hydrogen-bond acceptors (Lipinski definition) is 4. The molecule has 2 rings (SSSR count). The van der Waals surface area contributed by atoms with Gasteiger partial charge < -0.3 is 19.7 Å². The van der Waals surface area contributed by atoms with Crippen molar-refractivity contribution in [3.63, 3.8) is 0 Å². The highest BCUT2D eigenvalue weighted by Crippen LogP contribution is 2.18. The summed E-state index contributed by atoms with van der Waals surface area (Å²) in [5.74, 6) is 0.805. The Kier molecular flexibility index (Phi) is 7.65. The molecular formula is C23H30N2O4. The second-order valence-corrected chi connectivity index (χ2v) is 7.89. The van der Waals surface area contributed by atoms with Gasteiger partial charge in [0.1, 0.15) is 17.5 Å². The number of rotatable bonds is 8. The van der Waals surface area contributed by atoms with Crippen molar-refractivity contribution in [2.45, 2.75) is 45.8 Å². The number of carbonyl (C=O) groups excluding carboxylic acids is 2. The van der Waals surface area contributed by atoms with E-state index in [0.717, 1.165) is 5.56 Å². The van der Waals surface area contributed by atoms with Crippen LogP contribution in [-0.2, 0) is 16.1 Å². The molecule has 0 saturated heterocycles. The highest BCUT2D eigenvalue weighted by molar-refractivity contribution is 5.88. The lowest BCUT2D eigenvalue weighted by Gasteiger charge is -2.31. The zero-order chi connectivity index (χ0) is 21.4. The van der Waals surface area contributed by atoms with Crippen LogP contribution in [0.15, 0.2) is 54.6 Å². The molecule has 0 bridgehead atoms. The monoisotopic (exact) mass is 398 g/mol. The van der Waals surface area contributed by atoms with Gasteiger partial charge in [0.25, 0.3) is 5.91 Å². The lowest BCUT2D eigenvalue weighted by Crippen LogP contribution is -2.53. The second-order valence-electron chi connectivity index (χ2n) is 7.89. The summed E-state index contributed by atoms with van der Waals surface area (Å²) in [4.78, 5) is 27.2. The van der Waals surface area contributed by atoms with E-state index in [4.69, 9.17) is 9.47 Å². The molecule has 6 heteroatoms. The molecular weight excluding hydrogens is 368 g/mol. The molecule has 6 nitrogen and oxygen atoms in total. The third-order valence-corrected chi connectivity index (χ3v) is 4.28. The van der Waals surface area contributed by atoms with Crippen LogP contribution in [0, 0.1) is 0 Å². The molecule has 2 aromatic rings. The zero-order valence-corrected chi connectivity index (χ0v) is 17.8. The van der Waals surface area contributed by atoms with E-state index < -0.39 is 6.04 Å². The summed E-state index contributed by atoms with van der Waals surface area (Å²) in [7, 11) is 1.59. The van der Waals surface area contributed by atoms with E-state index in [1.54, 1.807) is 43.2 Å². The quantitative estimate of drug-likeness (QED) is 0.740. The molecule has 29 heavy (non-hydrogen) atoms. The first-order valence-electron chi connectivity index (χ1n) is 9.62. The number of nitrogens with zero attached hydrogens (tertiary/aromatic N) is 1. The van der Waals surface area contributed by atoms with Gasteiger partial charge in [-0.3, -0.25) is 9.59 Å². The topological polar surface area (TPSA) is 67.9 Å². The molecule has 0 saturated carbocycles. The van der Waals surface area contributed by atoms with E-state index >= 15 is 0 Å². The Morgan fingerprint density at radius 3 is 2.14 bits per heavy atom. The molecule has 1 N–H and O–H groups in total. The predicted molar refractivity (Wildman–Crippen MR) is 113 cm³/mol. The number of hydrogen-bond donors (Lipinski definition) is 1. The van der Waals surface area contributed by atoms with Gasteiger partial charge in [0.15, 0.2) is 6.61 Å². The number of benzene rings is 2. The standard InChI is InChI=1S/C23H30N2O4/c1-17(22(27)24-23(2,3)4)25(15-18-9-7-6-8-10-18)21(26)16-29-20-13-11-19(28-5)12-14-20/h6-14,17H,15-16H2,1-5H3,(H,24,27).